The van der Waals surface area contributed by atoms with Crippen molar-refractivity contribution in [2.24, 2.45) is 5.92 Å². The molecular weight excluding hydrogens is 499 g/mol. The highest BCUT2D eigenvalue weighted by Gasteiger charge is 2.32. The molecule has 1 heterocycles. The number of hydrogen-bond donors (Lipinski definition) is 1. The number of nitrogens with zero attached hydrogens (tertiary/aromatic N) is 1. The van der Waals surface area contributed by atoms with E-state index >= 15 is 0 Å². The van der Waals surface area contributed by atoms with Crippen molar-refractivity contribution in [3.8, 4) is 11.5 Å². The summed E-state index contributed by atoms with van der Waals surface area (Å²) in [4.78, 5) is 24.9. The number of carbonyl (C=O) groups excluding carboxylic acids is 1. The minimum Gasteiger partial charge on any atom is -0.497 e. The molecule has 0 saturated heterocycles. The summed E-state index contributed by atoms with van der Waals surface area (Å²) in [5.41, 5.74) is 3.40. The lowest BCUT2D eigenvalue weighted by molar-refractivity contribution is -0.274. The second-order valence-electron chi connectivity index (χ2n) is 9.09. The molecule has 4 rings (SSSR count). The number of benzene rings is 3. The molecule has 0 aliphatic rings. The van der Waals surface area contributed by atoms with Crippen LogP contribution in [0.3, 0.4) is 0 Å². The second kappa shape index (κ2) is 10.6. The van der Waals surface area contributed by atoms with Crippen LogP contribution in [0, 0.1) is 12.8 Å². The van der Waals surface area contributed by atoms with Crippen LogP contribution in [0.2, 0.25) is 0 Å². The molecule has 4 aromatic rings. The Morgan fingerprint density at radius 1 is 0.974 bits per heavy atom. The average molecular weight is 526 g/mol. The lowest BCUT2D eigenvalue weighted by atomic mass is 9.99. The van der Waals surface area contributed by atoms with Crippen molar-refractivity contribution in [3.63, 3.8) is 0 Å². The van der Waals surface area contributed by atoms with Crippen molar-refractivity contribution in [2.45, 2.75) is 33.2 Å². The molecule has 0 radical (unpaired) electrons. The number of carboxylic acids is 1. The van der Waals surface area contributed by atoms with Crippen molar-refractivity contribution in [2.75, 3.05) is 7.11 Å². The van der Waals surface area contributed by atoms with E-state index in [2.05, 4.69) is 4.74 Å². The zero-order chi connectivity index (χ0) is 27.6. The smallest absolute Gasteiger partial charge is 0.497 e. The normalized spacial score (nSPS) is 12.4. The molecule has 0 fully saturated rings. The molecule has 0 spiro atoms. The molecule has 1 N–H and O–H groups in total. The number of alkyl halides is 3. The maximum atomic E-state index is 13.6. The SMILES string of the molecule is COc1ccc(C(=O)c2c(C)n(Cc3cccc(CC(C)C(=O)O)c3)c3cc(OC(F)(F)F)ccc23)cc1. The summed E-state index contributed by atoms with van der Waals surface area (Å²) in [6.45, 7) is 3.62. The number of carbonyl (C=O) groups is 2. The Hall–Kier alpha value is -4.27. The first-order valence-corrected chi connectivity index (χ1v) is 11.8. The van der Waals surface area contributed by atoms with Crippen molar-refractivity contribution >= 4 is 22.7 Å². The summed E-state index contributed by atoms with van der Waals surface area (Å²) < 4.78 is 50.0. The van der Waals surface area contributed by atoms with Crippen LogP contribution in [0.5, 0.6) is 11.5 Å². The van der Waals surface area contributed by atoms with E-state index in [-0.39, 0.29) is 12.3 Å². The van der Waals surface area contributed by atoms with Crippen LogP contribution >= 0.6 is 0 Å². The maximum Gasteiger partial charge on any atom is 0.573 e. The number of ether oxygens (including phenoxy) is 2. The predicted octanol–water partition coefficient (Wildman–Crippen LogP) is 6.40. The van der Waals surface area contributed by atoms with Gasteiger partial charge in [-0.05, 0) is 60.9 Å². The van der Waals surface area contributed by atoms with Crippen LogP contribution in [0.25, 0.3) is 10.9 Å². The molecule has 198 valence electrons. The summed E-state index contributed by atoms with van der Waals surface area (Å²) >= 11 is 0. The molecule has 0 bridgehead atoms. The Kier molecular flexibility index (Phi) is 7.48. The molecule has 38 heavy (non-hydrogen) atoms. The summed E-state index contributed by atoms with van der Waals surface area (Å²) in [5, 5.41) is 9.75. The monoisotopic (exact) mass is 525 g/mol. The Balaban J connectivity index is 1.80. The lowest BCUT2D eigenvalue weighted by Crippen LogP contribution is -2.17. The number of rotatable bonds is 9. The second-order valence-corrected chi connectivity index (χ2v) is 9.09. The zero-order valence-corrected chi connectivity index (χ0v) is 21.0. The van der Waals surface area contributed by atoms with Gasteiger partial charge < -0.3 is 19.1 Å². The molecular formula is C29H26F3NO5. The van der Waals surface area contributed by atoms with Crippen LogP contribution in [-0.4, -0.2) is 34.9 Å². The maximum absolute atomic E-state index is 13.6. The highest BCUT2D eigenvalue weighted by molar-refractivity contribution is 6.17. The van der Waals surface area contributed by atoms with Gasteiger partial charge in [-0.2, -0.15) is 0 Å². The number of halogens is 3. The molecule has 6 nitrogen and oxygen atoms in total. The predicted molar refractivity (Wildman–Crippen MR) is 136 cm³/mol. The van der Waals surface area contributed by atoms with E-state index in [4.69, 9.17) is 4.74 Å². The van der Waals surface area contributed by atoms with Crippen LogP contribution in [0.1, 0.15) is 39.7 Å². The topological polar surface area (TPSA) is 77.8 Å². The van der Waals surface area contributed by atoms with E-state index in [1.165, 1.54) is 25.3 Å². The Morgan fingerprint density at radius 2 is 1.63 bits per heavy atom. The van der Waals surface area contributed by atoms with E-state index in [1.54, 1.807) is 42.7 Å². The van der Waals surface area contributed by atoms with E-state index < -0.39 is 24.0 Å². The van der Waals surface area contributed by atoms with Crippen LogP contribution in [0.4, 0.5) is 13.2 Å². The summed E-state index contributed by atoms with van der Waals surface area (Å²) in [7, 11) is 1.52. The number of methoxy groups -OCH3 is 1. The van der Waals surface area contributed by atoms with Crippen molar-refractivity contribution in [3.05, 3.63) is 94.7 Å². The fourth-order valence-electron chi connectivity index (χ4n) is 4.51. The molecule has 0 amide bonds. The molecule has 3 aromatic carbocycles. The van der Waals surface area contributed by atoms with Crippen LogP contribution in [-0.2, 0) is 17.8 Å². The molecule has 1 aromatic heterocycles. The van der Waals surface area contributed by atoms with E-state index in [0.717, 1.165) is 11.1 Å². The fraction of sp³-hybridized carbons (Fsp3) is 0.241. The van der Waals surface area contributed by atoms with Gasteiger partial charge in [0.05, 0.1) is 24.1 Å². The van der Waals surface area contributed by atoms with Crippen molar-refractivity contribution in [1.82, 2.24) is 4.57 Å². The summed E-state index contributed by atoms with van der Waals surface area (Å²) in [6, 6.07) is 17.9. The van der Waals surface area contributed by atoms with Gasteiger partial charge in [0, 0.05) is 29.3 Å². The Bertz CT molecular complexity index is 1490. The van der Waals surface area contributed by atoms with E-state index in [0.29, 0.717) is 39.9 Å². The first-order valence-electron chi connectivity index (χ1n) is 11.8. The number of carboxylic acid groups (broad SMARTS) is 1. The number of aliphatic carboxylic acids is 1. The number of fused-ring (bicyclic) bond motifs is 1. The third-order valence-electron chi connectivity index (χ3n) is 6.40. The average Bonchev–Trinajstić information content (AvgIpc) is 3.13. The minimum absolute atomic E-state index is 0.253. The standard InChI is InChI=1S/C29H26F3NO5/c1-17(28(35)36)13-19-5-4-6-20(14-19)16-33-18(2)26(27(34)21-7-9-22(37-3)10-8-21)24-12-11-23(15-25(24)33)38-29(30,31)32/h4-12,14-15,17H,13,16H2,1-3H3,(H,35,36). The lowest BCUT2D eigenvalue weighted by Gasteiger charge is -2.13. The van der Waals surface area contributed by atoms with Crippen molar-refractivity contribution in [1.29, 1.82) is 0 Å². The summed E-state index contributed by atoms with van der Waals surface area (Å²) in [6.07, 6.45) is -4.53. The van der Waals surface area contributed by atoms with Gasteiger partial charge >= 0.3 is 12.3 Å². The zero-order valence-electron chi connectivity index (χ0n) is 21.0. The third kappa shape index (κ3) is 5.82. The first kappa shape index (κ1) is 26.8. The molecule has 0 aliphatic carbocycles. The quantitative estimate of drug-likeness (QED) is 0.256. The van der Waals surface area contributed by atoms with Gasteiger partial charge in [-0.15, -0.1) is 13.2 Å². The van der Waals surface area contributed by atoms with Gasteiger partial charge in [0.1, 0.15) is 11.5 Å². The first-order chi connectivity index (χ1) is 18.0. The number of ketones is 1. The molecule has 0 saturated carbocycles. The number of aromatic nitrogens is 1. The Labute approximate surface area is 217 Å². The minimum atomic E-state index is -4.86. The van der Waals surface area contributed by atoms with Gasteiger partial charge in [-0.25, -0.2) is 0 Å². The highest BCUT2D eigenvalue weighted by Crippen LogP contribution is 2.34. The fourth-order valence-corrected chi connectivity index (χ4v) is 4.51. The van der Waals surface area contributed by atoms with Crippen molar-refractivity contribution < 1.29 is 37.3 Å². The largest absolute Gasteiger partial charge is 0.573 e. The van der Waals surface area contributed by atoms with E-state index in [1.807, 2.05) is 24.3 Å². The number of hydrogen-bond acceptors (Lipinski definition) is 4. The Morgan fingerprint density at radius 3 is 2.26 bits per heavy atom. The van der Waals surface area contributed by atoms with Gasteiger partial charge in [0.25, 0.3) is 0 Å². The van der Waals surface area contributed by atoms with Gasteiger partial charge in [-0.3, -0.25) is 9.59 Å². The molecule has 9 heteroatoms. The van der Waals surface area contributed by atoms with E-state index in [9.17, 15) is 27.9 Å². The van der Waals surface area contributed by atoms with Gasteiger partial charge in [-0.1, -0.05) is 31.2 Å². The molecule has 1 unspecified atom stereocenters. The molecule has 1 atom stereocenters. The highest BCUT2D eigenvalue weighted by atomic mass is 19.4. The van der Waals surface area contributed by atoms with Crippen LogP contribution < -0.4 is 9.47 Å². The van der Waals surface area contributed by atoms with Crippen LogP contribution in [0.15, 0.2) is 66.7 Å². The third-order valence-corrected chi connectivity index (χ3v) is 6.40. The van der Waals surface area contributed by atoms with Gasteiger partial charge in [0.15, 0.2) is 5.78 Å². The van der Waals surface area contributed by atoms with Gasteiger partial charge in [0.2, 0.25) is 0 Å². The molecule has 0 aliphatic heterocycles. The summed E-state index contributed by atoms with van der Waals surface area (Å²) in [5.74, 6) is -1.55.